The third-order valence-electron chi connectivity index (χ3n) is 5.60. The van der Waals surface area contributed by atoms with Crippen molar-refractivity contribution in [1.29, 1.82) is 0 Å². The van der Waals surface area contributed by atoms with Crippen molar-refractivity contribution >= 4 is 34.5 Å². The maximum absolute atomic E-state index is 5.92. The minimum atomic E-state index is 0.265. The molecule has 5 heteroatoms. The Balaban J connectivity index is 1.72. The minimum Gasteiger partial charge on any atom is -0.378 e. The highest BCUT2D eigenvalue weighted by Crippen LogP contribution is 2.49. The fourth-order valence-electron chi connectivity index (χ4n) is 4.21. The first-order valence-electron chi connectivity index (χ1n) is 10.2. The molecule has 2 aliphatic heterocycles. The Labute approximate surface area is 173 Å². The number of rotatable bonds is 3. The van der Waals surface area contributed by atoms with Gasteiger partial charge in [0, 0.05) is 48.4 Å². The second-order valence-electron chi connectivity index (χ2n) is 8.25. The lowest BCUT2D eigenvalue weighted by atomic mass is 10.1. The molecule has 1 N–H and O–H groups in total. The van der Waals surface area contributed by atoms with E-state index in [9.17, 15) is 0 Å². The summed E-state index contributed by atoms with van der Waals surface area (Å²) in [5.41, 5.74) is 7.76. The zero-order valence-electron chi connectivity index (χ0n) is 17.8. The van der Waals surface area contributed by atoms with Crippen LogP contribution >= 0.6 is 11.8 Å². The number of ether oxygens (including phenoxy) is 1. The fourth-order valence-corrected chi connectivity index (χ4v) is 5.40. The lowest BCUT2D eigenvalue weighted by Gasteiger charge is -2.37. The van der Waals surface area contributed by atoms with E-state index < -0.39 is 0 Å². The molecule has 4 nitrogen and oxygen atoms in total. The van der Waals surface area contributed by atoms with Gasteiger partial charge >= 0.3 is 0 Å². The van der Waals surface area contributed by atoms with Crippen molar-refractivity contribution in [2.45, 2.75) is 56.1 Å². The summed E-state index contributed by atoms with van der Waals surface area (Å²) in [6, 6.07) is 9.27. The highest BCUT2D eigenvalue weighted by molar-refractivity contribution is 7.99. The van der Waals surface area contributed by atoms with Crippen LogP contribution in [0.3, 0.4) is 0 Å². The molecule has 0 amide bonds. The van der Waals surface area contributed by atoms with E-state index in [1.54, 1.807) is 0 Å². The zero-order chi connectivity index (χ0) is 20.0. The molecule has 1 saturated heterocycles. The minimum absolute atomic E-state index is 0.265. The van der Waals surface area contributed by atoms with Crippen molar-refractivity contribution in [3.63, 3.8) is 0 Å². The van der Waals surface area contributed by atoms with E-state index in [1.165, 1.54) is 43.7 Å². The molecule has 2 aromatic rings. The molecule has 2 aliphatic rings. The van der Waals surface area contributed by atoms with Crippen LogP contribution in [0.25, 0.3) is 0 Å². The second kappa shape index (κ2) is 7.53. The van der Waals surface area contributed by atoms with Crippen molar-refractivity contribution in [2.75, 3.05) is 42.3 Å². The summed E-state index contributed by atoms with van der Waals surface area (Å²) < 4.78 is 5.92. The van der Waals surface area contributed by atoms with Crippen LogP contribution in [0.1, 0.15) is 31.9 Å². The third kappa shape index (κ3) is 3.58. The average Bonchev–Trinajstić information content (AvgIpc) is 2.64. The number of hydrogen-bond donors (Lipinski definition) is 1. The highest BCUT2D eigenvalue weighted by Gasteiger charge is 2.26. The van der Waals surface area contributed by atoms with E-state index in [-0.39, 0.29) is 12.2 Å². The van der Waals surface area contributed by atoms with Gasteiger partial charge in [0.25, 0.3) is 0 Å². The number of benzene rings is 2. The SMILES string of the molecule is CCc1cc(N(C)C)cc2c1Nc1c(C)cc(N3CC(C)OC(C)C3)cc1S2. The zero-order valence-corrected chi connectivity index (χ0v) is 18.6. The Hall–Kier alpha value is -1.85. The quantitative estimate of drug-likeness (QED) is 0.635. The number of nitrogens with zero attached hydrogens (tertiary/aromatic N) is 2. The van der Waals surface area contributed by atoms with E-state index in [0.717, 1.165) is 19.5 Å². The van der Waals surface area contributed by atoms with Crippen molar-refractivity contribution in [2.24, 2.45) is 0 Å². The first kappa shape index (κ1) is 19.5. The van der Waals surface area contributed by atoms with Crippen LogP contribution in [0.15, 0.2) is 34.1 Å². The molecule has 4 rings (SSSR count). The molecule has 0 spiro atoms. The van der Waals surface area contributed by atoms with Gasteiger partial charge in [-0.25, -0.2) is 0 Å². The predicted molar refractivity (Wildman–Crippen MR) is 121 cm³/mol. The van der Waals surface area contributed by atoms with Crippen LogP contribution in [-0.2, 0) is 11.2 Å². The second-order valence-corrected chi connectivity index (χ2v) is 9.33. The molecule has 28 heavy (non-hydrogen) atoms. The molecule has 0 saturated carbocycles. The standard InChI is InChI=1S/C23H31N3OS/c1-7-17-9-18(25(5)6)10-21-23(17)24-22-14(2)8-19(11-20(22)28-21)26-12-15(3)27-16(4)13-26/h8-11,15-16,24H,7,12-13H2,1-6H3. The van der Waals surface area contributed by atoms with E-state index >= 15 is 0 Å². The van der Waals surface area contributed by atoms with Gasteiger partial charge in [-0.05, 0) is 62.6 Å². The smallest absolute Gasteiger partial charge is 0.0726 e. The van der Waals surface area contributed by atoms with Gasteiger partial charge in [-0.2, -0.15) is 0 Å². The molecule has 0 bridgehead atoms. The summed E-state index contributed by atoms with van der Waals surface area (Å²) in [6.45, 7) is 10.7. The monoisotopic (exact) mass is 397 g/mol. The van der Waals surface area contributed by atoms with Crippen LogP contribution < -0.4 is 15.1 Å². The van der Waals surface area contributed by atoms with Gasteiger partial charge in [0.2, 0.25) is 0 Å². The van der Waals surface area contributed by atoms with E-state index in [4.69, 9.17) is 4.74 Å². The number of anilines is 4. The Morgan fingerprint density at radius 1 is 1.07 bits per heavy atom. The van der Waals surface area contributed by atoms with Gasteiger partial charge in [-0.3, -0.25) is 0 Å². The number of morpholine rings is 1. The molecule has 2 unspecified atom stereocenters. The lowest BCUT2D eigenvalue weighted by molar-refractivity contribution is -0.00522. The Kier molecular flexibility index (Phi) is 5.23. The molecule has 0 aromatic heterocycles. The van der Waals surface area contributed by atoms with Gasteiger partial charge in [-0.15, -0.1) is 0 Å². The van der Waals surface area contributed by atoms with Crippen LogP contribution in [-0.4, -0.2) is 39.4 Å². The number of aryl methyl sites for hydroxylation is 2. The Morgan fingerprint density at radius 2 is 1.75 bits per heavy atom. The summed E-state index contributed by atoms with van der Waals surface area (Å²) in [6.07, 6.45) is 1.55. The summed E-state index contributed by atoms with van der Waals surface area (Å²) in [4.78, 5) is 7.28. The van der Waals surface area contributed by atoms with Gasteiger partial charge < -0.3 is 19.9 Å². The van der Waals surface area contributed by atoms with Crippen LogP contribution in [0.4, 0.5) is 22.7 Å². The van der Waals surface area contributed by atoms with Crippen LogP contribution in [0, 0.1) is 6.92 Å². The molecule has 2 atom stereocenters. The van der Waals surface area contributed by atoms with Gasteiger partial charge in [0.1, 0.15) is 0 Å². The van der Waals surface area contributed by atoms with Crippen molar-refractivity contribution in [1.82, 2.24) is 0 Å². The molecule has 0 aliphatic carbocycles. The molecule has 150 valence electrons. The Bertz CT molecular complexity index is 886. The summed E-state index contributed by atoms with van der Waals surface area (Å²) in [5, 5.41) is 3.76. The largest absolute Gasteiger partial charge is 0.378 e. The molecule has 1 fully saturated rings. The van der Waals surface area contributed by atoms with E-state index in [1.807, 2.05) is 11.8 Å². The fraction of sp³-hybridized carbons (Fsp3) is 0.478. The molecule has 0 radical (unpaired) electrons. The number of nitrogens with one attached hydrogen (secondary N) is 1. The van der Waals surface area contributed by atoms with Crippen molar-refractivity contribution in [3.8, 4) is 0 Å². The normalized spacial score (nSPS) is 21.0. The Morgan fingerprint density at radius 3 is 2.39 bits per heavy atom. The van der Waals surface area contributed by atoms with Gasteiger partial charge in [-0.1, -0.05) is 18.7 Å². The molecular formula is C23H31N3OS. The summed E-state index contributed by atoms with van der Waals surface area (Å²) >= 11 is 1.89. The predicted octanol–water partition coefficient (Wildman–Crippen LogP) is 5.45. The average molecular weight is 398 g/mol. The number of fused-ring (bicyclic) bond motifs is 2. The van der Waals surface area contributed by atoms with Gasteiger partial charge in [0.05, 0.1) is 23.6 Å². The summed E-state index contributed by atoms with van der Waals surface area (Å²) in [5.74, 6) is 0. The van der Waals surface area contributed by atoms with E-state index in [0.29, 0.717) is 0 Å². The molecule has 2 heterocycles. The number of hydrogen-bond acceptors (Lipinski definition) is 5. The van der Waals surface area contributed by atoms with Crippen LogP contribution in [0.5, 0.6) is 0 Å². The lowest BCUT2D eigenvalue weighted by Crippen LogP contribution is -2.45. The first-order valence-corrected chi connectivity index (χ1v) is 11.0. The topological polar surface area (TPSA) is 27.7 Å². The van der Waals surface area contributed by atoms with Crippen molar-refractivity contribution < 1.29 is 4.74 Å². The van der Waals surface area contributed by atoms with Crippen LogP contribution in [0.2, 0.25) is 0 Å². The maximum Gasteiger partial charge on any atom is 0.0726 e. The highest BCUT2D eigenvalue weighted by atomic mass is 32.2. The third-order valence-corrected chi connectivity index (χ3v) is 6.69. The summed E-state index contributed by atoms with van der Waals surface area (Å²) in [7, 11) is 4.22. The molecule has 2 aromatic carbocycles. The van der Waals surface area contributed by atoms with E-state index in [2.05, 4.69) is 81.2 Å². The van der Waals surface area contributed by atoms with Crippen molar-refractivity contribution in [3.05, 3.63) is 35.4 Å². The van der Waals surface area contributed by atoms with Gasteiger partial charge in [0.15, 0.2) is 0 Å². The molecular weight excluding hydrogens is 366 g/mol. The first-order chi connectivity index (χ1) is 13.4. The maximum atomic E-state index is 5.92.